The third-order valence-corrected chi connectivity index (χ3v) is 3.76. The van der Waals surface area contributed by atoms with Gasteiger partial charge in [0.1, 0.15) is 11.6 Å². The van der Waals surface area contributed by atoms with E-state index < -0.39 is 6.10 Å². The molecule has 1 N–H and O–H groups in total. The minimum absolute atomic E-state index is 0.293. The summed E-state index contributed by atoms with van der Waals surface area (Å²) >= 11 is 0. The van der Waals surface area contributed by atoms with Gasteiger partial charge in [0, 0.05) is 5.69 Å². The Labute approximate surface area is 146 Å². The van der Waals surface area contributed by atoms with Crippen molar-refractivity contribution in [3.63, 3.8) is 0 Å². The van der Waals surface area contributed by atoms with E-state index in [1.807, 2.05) is 54.6 Å². The van der Waals surface area contributed by atoms with Gasteiger partial charge in [-0.15, -0.1) is 0 Å². The number of nitrogens with one attached hydrogen (secondary N) is 1. The molecule has 3 rings (SSSR count). The molecule has 0 aromatic heterocycles. The highest BCUT2D eigenvalue weighted by Crippen LogP contribution is 2.22. The van der Waals surface area contributed by atoms with Gasteiger partial charge in [0.2, 0.25) is 0 Å². The summed E-state index contributed by atoms with van der Waals surface area (Å²) in [5.41, 5.74) is 2.73. The molecule has 0 aliphatic heterocycles. The third kappa shape index (κ3) is 4.44. The molecular formula is C21H18FNO2. The Bertz CT molecular complexity index is 830. The zero-order valence-electron chi connectivity index (χ0n) is 13.8. The van der Waals surface area contributed by atoms with Crippen molar-refractivity contribution in [1.29, 1.82) is 0 Å². The van der Waals surface area contributed by atoms with Crippen molar-refractivity contribution >= 4 is 11.6 Å². The highest BCUT2D eigenvalue weighted by molar-refractivity contribution is 5.94. The standard InChI is InChI=1S/C21H18FNO2/c1-15(21(24)23-19-11-9-18(22)10-12-19)25-20-13-7-17(8-14-20)16-5-3-2-4-6-16/h2-15H,1H3,(H,23,24)/t15-/m1/s1. The van der Waals surface area contributed by atoms with E-state index in [-0.39, 0.29) is 11.7 Å². The van der Waals surface area contributed by atoms with Crippen LogP contribution in [0.3, 0.4) is 0 Å². The molecule has 0 aliphatic carbocycles. The Balaban J connectivity index is 1.61. The average molecular weight is 335 g/mol. The fourth-order valence-electron chi connectivity index (χ4n) is 2.39. The van der Waals surface area contributed by atoms with E-state index in [9.17, 15) is 9.18 Å². The lowest BCUT2D eigenvalue weighted by molar-refractivity contribution is -0.122. The highest BCUT2D eigenvalue weighted by atomic mass is 19.1. The molecule has 0 fully saturated rings. The van der Waals surface area contributed by atoms with Gasteiger partial charge in [0.25, 0.3) is 5.91 Å². The zero-order chi connectivity index (χ0) is 17.6. The molecule has 25 heavy (non-hydrogen) atoms. The highest BCUT2D eigenvalue weighted by Gasteiger charge is 2.15. The summed E-state index contributed by atoms with van der Waals surface area (Å²) in [5.74, 6) is -0.0269. The largest absolute Gasteiger partial charge is 0.481 e. The van der Waals surface area contributed by atoms with Crippen LogP contribution in [0, 0.1) is 5.82 Å². The summed E-state index contributed by atoms with van der Waals surface area (Å²) in [5, 5.41) is 2.70. The summed E-state index contributed by atoms with van der Waals surface area (Å²) in [4.78, 5) is 12.2. The molecule has 0 saturated heterocycles. The predicted molar refractivity (Wildman–Crippen MR) is 97.0 cm³/mol. The Morgan fingerprint density at radius 2 is 1.48 bits per heavy atom. The van der Waals surface area contributed by atoms with E-state index in [4.69, 9.17) is 4.74 Å². The van der Waals surface area contributed by atoms with Crippen molar-refractivity contribution in [2.45, 2.75) is 13.0 Å². The Morgan fingerprint density at radius 3 is 2.12 bits per heavy atom. The van der Waals surface area contributed by atoms with Gasteiger partial charge in [-0.1, -0.05) is 42.5 Å². The monoisotopic (exact) mass is 335 g/mol. The number of hydrogen-bond donors (Lipinski definition) is 1. The Hall–Kier alpha value is -3.14. The molecule has 126 valence electrons. The van der Waals surface area contributed by atoms with E-state index in [1.54, 1.807) is 6.92 Å². The summed E-state index contributed by atoms with van der Waals surface area (Å²) in [6.45, 7) is 1.67. The maximum atomic E-state index is 12.9. The van der Waals surface area contributed by atoms with Gasteiger partial charge in [-0.2, -0.15) is 0 Å². The third-order valence-electron chi connectivity index (χ3n) is 3.76. The molecule has 0 aliphatic rings. The number of rotatable bonds is 5. The number of amides is 1. The average Bonchev–Trinajstić information content (AvgIpc) is 2.65. The van der Waals surface area contributed by atoms with Gasteiger partial charge in [-0.3, -0.25) is 4.79 Å². The SMILES string of the molecule is C[C@@H](Oc1ccc(-c2ccccc2)cc1)C(=O)Nc1ccc(F)cc1. The summed E-state index contributed by atoms with van der Waals surface area (Å²) in [6, 6.07) is 23.2. The summed E-state index contributed by atoms with van der Waals surface area (Å²) < 4.78 is 18.6. The number of carbonyl (C=O) groups is 1. The fourth-order valence-corrected chi connectivity index (χ4v) is 2.39. The van der Waals surface area contributed by atoms with Crippen molar-refractivity contribution < 1.29 is 13.9 Å². The zero-order valence-corrected chi connectivity index (χ0v) is 13.8. The number of hydrogen-bond acceptors (Lipinski definition) is 2. The van der Waals surface area contributed by atoms with Crippen molar-refractivity contribution in [2.24, 2.45) is 0 Å². The quantitative estimate of drug-likeness (QED) is 0.720. The van der Waals surface area contributed by atoms with Crippen LogP contribution in [-0.2, 0) is 4.79 Å². The molecule has 3 nitrogen and oxygen atoms in total. The fraction of sp³-hybridized carbons (Fsp3) is 0.0952. The lowest BCUT2D eigenvalue weighted by atomic mass is 10.1. The Morgan fingerprint density at radius 1 is 0.880 bits per heavy atom. The maximum Gasteiger partial charge on any atom is 0.265 e. The smallest absolute Gasteiger partial charge is 0.265 e. The lowest BCUT2D eigenvalue weighted by Crippen LogP contribution is -2.30. The van der Waals surface area contributed by atoms with Crippen molar-refractivity contribution in [3.05, 3.63) is 84.7 Å². The number of halogens is 1. The molecule has 1 atom stereocenters. The Kier molecular flexibility index (Phi) is 5.09. The van der Waals surface area contributed by atoms with E-state index in [1.165, 1.54) is 24.3 Å². The van der Waals surface area contributed by atoms with Crippen molar-refractivity contribution in [3.8, 4) is 16.9 Å². The molecule has 1 amide bonds. The van der Waals surface area contributed by atoms with E-state index in [0.717, 1.165) is 11.1 Å². The van der Waals surface area contributed by atoms with Gasteiger partial charge in [0.05, 0.1) is 0 Å². The first-order valence-electron chi connectivity index (χ1n) is 8.00. The molecular weight excluding hydrogens is 317 g/mol. The molecule has 4 heteroatoms. The van der Waals surface area contributed by atoms with Gasteiger partial charge >= 0.3 is 0 Å². The topological polar surface area (TPSA) is 38.3 Å². The van der Waals surface area contributed by atoms with Gasteiger partial charge in [0.15, 0.2) is 6.10 Å². The van der Waals surface area contributed by atoms with E-state index in [2.05, 4.69) is 5.32 Å². The van der Waals surface area contributed by atoms with Gasteiger partial charge in [-0.25, -0.2) is 4.39 Å². The minimum atomic E-state index is -0.673. The molecule has 0 spiro atoms. The predicted octanol–water partition coefficient (Wildman–Crippen LogP) is 4.90. The van der Waals surface area contributed by atoms with Gasteiger partial charge in [-0.05, 0) is 54.4 Å². The van der Waals surface area contributed by atoms with Crippen LogP contribution in [0.5, 0.6) is 5.75 Å². The number of anilines is 1. The van der Waals surface area contributed by atoms with Crippen LogP contribution in [-0.4, -0.2) is 12.0 Å². The second-order valence-electron chi connectivity index (χ2n) is 5.65. The minimum Gasteiger partial charge on any atom is -0.481 e. The molecule has 0 bridgehead atoms. The van der Waals surface area contributed by atoms with Crippen LogP contribution < -0.4 is 10.1 Å². The second kappa shape index (κ2) is 7.62. The van der Waals surface area contributed by atoms with Crippen molar-refractivity contribution in [1.82, 2.24) is 0 Å². The molecule has 0 radical (unpaired) electrons. The lowest BCUT2D eigenvalue weighted by Gasteiger charge is -2.15. The number of benzene rings is 3. The van der Waals surface area contributed by atoms with Crippen LogP contribution in [0.25, 0.3) is 11.1 Å². The van der Waals surface area contributed by atoms with Crippen LogP contribution in [0.2, 0.25) is 0 Å². The van der Waals surface area contributed by atoms with Crippen LogP contribution in [0.15, 0.2) is 78.9 Å². The van der Waals surface area contributed by atoms with Crippen LogP contribution in [0.1, 0.15) is 6.92 Å². The molecule has 3 aromatic rings. The van der Waals surface area contributed by atoms with Crippen LogP contribution >= 0.6 is 0 Å². The number of ether oxygens (including phenoxy) is 1. The molecule has 0 heterocycles. The normalized spacial score (nSPS) is 11.6. The first-order chi connectivity index (χ1) is 12.1. The molecule has 0 unspecified atom stereocenters. The van der Waals surface area contributed by atoms with Crippen molar-refractivity contribution in [2.75, 3.05) is 5.32 Å². The maximum absolute atomic E-state index is 12.9. The summed E-state index contributed by atoms with van der Waals surface area (Å²) in [6.07, 6.45) is -0.673. The van der Waals surface area contributed by atoms with Crippen LogP contribution in [0.4, 0.5) is 10.1 Å². The van der Waals surface area contributed by atoms with Gasteiger partial charge < -0.3 is 10.1 Å². The first-order valence-corrected chi connectivity index (χ1v) is 8.00. The van der Waals surface area contributed by atoms with E-state index in [0.29, 0.717) is 11.4 Å². The van der Waals surface area contributed by atoms with E-state index >= 15 is 0 Å². The first kappa shape index (κ1) is 16.7. The molecule has 3 aromatic carbocycles. The molecule has 0 saturated carbocycles. The summed E-state index contributed by atoms with van der Waals surface area (Å²) in [7, 11) is 0. The number of carbonyl (C=O) groups excluding carboxylic acids is 1. The second-order valence-corrected chi connectivity index (χ2v) is 5.65.